The second kappa shape index (κ2) is 5.94. The molecule has 0 bridgehead atoms. The van der Waals surface area contributed by atoms with E-state index in [9.17, 15) is 4.79 Å². The van der Waals surface area contributed by atoms with Crippen molar-refractivity contribution < 1.29 is 9.53 Å². The predicted octanol–water partition coefficient (Wildman–Crippen LogP) is 1.29. The van der Waals surface area contributed by atoms with E-state index in [0.29, 0.717) is 24.7 Å². The maximum atomic E-state index is 11.2. The molecule has 0 aromatic carbocycles. The van der Waals surface area contributed by atoms with Crippen molar-refractivity contribution >= 4 is 5.78 Å². The van der Waals surface area contributed by atoms with Gasteiger partial charge < -0.3 is 10.1 Å². The number of piperidine rings is 1. The lowest BCUT2D eigenvalue weighted by atomic mass is 10.1. The molecular formula is C11H19NO2. The molecule has 80 valence electrons. The summed E-state index contributed by atoms with van der Waals surface area (Å²) in [4.78, 5) is 11.2. The minimum absolute atomic E-state index is 0.110. The van der Waals surface area contributed by atoms with Crippen LogP contribution in [0, 0.1) is 0 Å². The van der Waals surface area contributed by atoms with Gasteiger partial charge in [-0.25, -0.2) is 0 Å². The summed E-state index contributed by atoms with van der Waals surface area (Å²) in [6.45, 7) is 7.94. The number of nitrogens with one attached hydrogen (secondary N) is 1. The van der Waals surface area contributed by atoms with Crippen molar-refractivity contribution in [2.24, 2.45) is 0 Å². The number of allylic oxidation sites excluding steroid dienone is 1. The molecule has 0 amide bonds. The Morgan fingerprint density at radius 1 is 1.50 bits per heavy atom. The zero-order valence-corrected chi connectivity index (χ0v) is 8.84. The second-order valence-corrected chi connectivity index (χ2v) is 3.77. The molecule has 1 aliphatic heterocycles. The monoisotopic (exact) mass is 197 g/mol. The van der Waals surface area contributed by atoms with Gasteiger partial charge in [-0.3, -0.25) is 4.79 Å². The van der Waals surface area contributed by atoms with Crippen molar-refractivity contribution in [2.75, 3.05) is 19.7 Å². The smallest absolute Gasteiger partial charge is 0.160 e. The van der Waals surface area contributed by atoms with Crippen LogP contribution in [0.15, 0.2) is 12.2 Å². The van der Waals surface area contributed by atoms with Crippen LogP contribution in [-0.4, -0.2) is 31.6 Å². The summed E-state index contributed by atoms with van der Waals surface area (Å²) in [5, 5.41) is 3.27. The van der Waals surface area contributed by atoms with Gasteiger partial charge in [0.25, 0.3) is 0 Å². The van der Waals surface area contributed by atoms with E-state index < -0.39 is 0 Å². The highest BCUT2D eigenvalue weighted by molar-refractivity contribution is 5.94. The van der Waals surface area contributed by atoms with Gasteiger partial charge in [0.2, 0.25) is 0 Å². The van der Waals surface area contributed by atoms with Crippen molar-refractivity contribution in [2.45, 2.75) is 32.3 Å². The van der Waals surface area contributed by atoms with Crippen molar-refractivity contribution in [3.63, 3.8) is 0 Å². The fraction of sp³-hybridized carbons (Fsp3) is 0.727. The lowest BCUT2D eigenvalue weighted by Gasteiger charge is -2.22. The number of carbonyl (C=O) groups excluding carboxylic acids is 1. The van der Waals surface area contributed by atoms with E-state index in [1.54, 1.807) is 6.92 Å². The fourth-order valence-electron chi connectivity index (χ4n) is 1.49. The first kappa shape index (κ1) is 11.4. The molecular weight excluding hydrogens is 178 g/mol. The Balaban J connectivity index is 2.08. The third kappa shape index (κ3) is 4.03. The maximum Gasteiger partial charge on any atom is 0.160 e. The zero-order valence-electron chi connectivity index (χ0n) is 8.84. The first-order valence-electron chi connectivity index (χ1n) is 5.21. The van der Waals surface area contributed by atoms with Crippen LogP contribution in [0.4, 0.5) is 0 Å². The molecule has 0 radical (unpaired) electrons. The van der Waals surface area contributed by atoms with Crippen LogP contribution in [0.2, 0.25) is 0 Å². The third-order valence-electron chi connectivity index (χ3n) is 2.44. The Morgan fingerprint density at radius 3 is 2.71 bits per heavy atom. The normalized spacial score (nSPS) is 18.1. The van der Waals surface area contributed by atoms with E-state index in [2.05, 4.69) is 11.9 Å². The number of hydrogen-bond donors (Lipinski definition) is 1. The summed E-state index contributed by atoms with van der Waals surface area (Å²) < 4.78 is 5.60. The standard InChI is InChI=1S/C11H19NO2/c1-9(2)11(13)5-8-14-10-3-6-12-7-4-10/h10,12H,1,3-8H2,2H3. The van der Waals surface area contributed by atoms with Gasteiger partial charge in [-0.2, -0.15) is 0 Å². The van der Waals surface area contributed by atoms with Gasteiger partial charge in [0.15, 0.2) is 5.78 Å². The van der Waals surface area contributed by atoms with E-state index >= 15 is 0 Å². The Labute approximate surface area is 85.5 Å². The highest BCUT2D eigenvalue weighted by Crippen LogP contribution is 2.08. The van der Waals surface area contributed by atoms with Crippen molar-refractivity contribution in [3.05, 3.63) is 12.2 Å². The van der Waals surface area contributed by atoms with Gasteiger partial charge in [-0.05, 0) is 38.4 Å². The van der Waals surface area contributed by atoms with E-state index in [1.165, 1.54) is 0 Å². The summed E-state index contributed by atoms with van der Waals surface area (Å²) in [6.07, 6.45) is 2.93. The average Bonchev–Trinajstić information content (AvgIpc) is 2.19. The van der Waals surface area contributed by atoms with Gasteiger partial charge in [0.1, 0.15) is 0 Å². The summed E-state index contributed by atoms with van der Waals surface area (Å²) in [5.41, 5.74) is 0.624. The van der Waals surface area contributed by atoms with Crippen LogP contribution in [0.3, 0.4) is 0 Å². The van der Waals surface area contributed by atoms with Gasteiger partial charge in [0, 0.05) is 6.42 Å². The second-order valence-electron chi connectivity index (χ2n) is 3.77. The number of carbonyl (C=O) groups is 1. The van der Waals surface area contributed by atoms with Crippen molar-refractivity contribution in [3.8, 4) is 0 Å². The van der Waals surface area contributed by atoms with Crippen LogP contribution >= 0.6 is 0 Å². The molecule has 0 aromatic heterocycles. The highest BCUT2D eigenvalue weighted by atomic mass is 16.5. The van der Waals surface area contributed by atoms with E-state index in [1.807, 2.05) is 0 Å². The SMILES string of the molecule is C=C(C)C(=O)CCOC1CCNCC1. The summed E-state index contributed by atoms with van der Waals surface area (Å²) >= 11 is 0. The number of hydrogen-bond acceptors (Lipinski definition) is 3. The van der Waals surface area contributed by atoms with Crippen LogP contribution < -0.4 is 5.32 Å². The van der Waals surface area contributed by atoms with E-state index in [-0.39, 0.29) is 5.78 Å². The van der Waals surface area contributed by atoms with Gasteiger partial charge >= 0.3 is 0 Å². The molecule has 0 atom stereocenters. The molecule has 14 heavy (non-hydrogen) atoms. The summed E-state index contributed by atoms with van der Waals surface area (Å²) in [7, 11) is 0. The molecule has 1 fully saturated rings. The van der Waals surface area contributed by atoms with Gasteiger partial charge in [-0.15, -0.1) is 0 Å². The molecule has 1 rings (SSSR count). The molecule has 0 unspecified atom stereocenters. The maximum absolute atomic E-state index is 11.2. The molecule has 3 heteroatoms. The first-order valence-corrected chi connectivity index (χ1v) is 5.21. The first-order chi connectivity index (χ1) is 6.70. The van der Waals surface area contributed by atoms with Crippen molar-refractivity contribution in [1.29, 1.82) is 0 Å². The lowest BCUT2D eigenvalue weighted by molar-refractivity contribution is -0.117. The molecule has 0 spiro atoms. The molecule has 3 nitrogen and oxygen atoms in total. The van der Waals surface area contributed by atoms with Crippen LogP contribution in [0.5, 0.6) is 0 Å². The van der Waals surface area contributed by atoms with Crippen LogP contribution in [0.1, 0.15) is 26.2 Å². The number of rotatable bonds is 5. The Kier molecular flexibility index (Phi) is 4.84. The minimum Gasteiger partial charge on any atom is -0.378 e. The number of Topliss-reactive ketones (excluding diaryl/α,β-unsaturated/α-hetero) is 1. The average molecular weight is 197 g/mol. The topological polar surface area (TPSA) is 38.3 Å². The van der Waals surface area contributed by atoms with Gasteiger partial charge in [-0.1, -0.05) is 6.58 Å². The minimum atomic E-state index is 0.110. The molecule has 1 saturated heterocycles. The molecule has 1 aliphatic rings. The fourth-order valence-corrected chi connectivity index (χ4v) is 1.49. The van der Waals surface area contributed by atoms with Crippen molar-refractivity contribution in [1.82, 2.24) is 5.32 Å². The Morgan fingerprint density at radius 2 is 2.14 bits per heavy atom. The molecule has 0 aliphatic carbocycles. The van der Waals surface area contributed by atoms with E-state index in [4.69, 9.17) is 4.74 Å². The Bertz CT molecular complexity index is 207. The summed E-state index contributed by atoms with van der Waals surface area (Å²) in [6, 6.07) is 0. The van der Waals surface area contributed by atoms with Gasteiger partial charge in [0.05, 0.1) is 12.7 Å². The third-order valence-corrected chi connectivity index (χ3v) is 2.44. The predicted molar refractivity (Wildman–Crippen MR) is 56.3 cm³/mol. The Hall–Kier alpha value is -0.670. The van der Waals surface area contributed by atoms with Crippen LogP contribution in [-0.2, 0) is 9.53 Å². The largest absolute Gasteiger partial charge is 0.378 e. The summed E-state index contributed by atoms with van der Waals surface area (Å²) in [5.74, 6) is 0.110. The highest BCUT2D eigenvalue weighted by Gasteiger charge is 2.13. The molecule has 1 N–H and O–H groups in total. The zero-order chi connectivity index (χ0) is 10.4. The molecule has 0 saturated carbocycles. The van der Waals surface area contributed by atoms with E-state index in [0.717, 1.165) is 25.9 Å². The number of ether oxygens (including phenoxy) is 1. The molecule has 1 heterocycles. The lowest BCUT2D eigenvalue weighted by Crippen LogP contribution is -2.32. The quantitative estimate of drug-likeness (QED) is 0.675. The number of ketones is 1. The van der Waals surface area contributed by atoms with Crippen LogP contribution in [0.25, 0.3) is 0 Å². The molecule has 0 aromatic rings.